The quantitative estimate of drug-likeness (QED) is 0.892. The van der Waals surface area contributed by atoms with Crippen LogP contribution in [0.3, 0.4) is 0 Å². The number of hydrogen-bond donors (Lipinski definition) is 2. The van der Waals surface area contributed by atoms with Crippen molar-refractivity contribution in [3.05, 3.63) is 58.7 Å². The maximum absolute atomic E-state index is 12.0. The summed E-state index contributed by atoms with van der Waals surface area (Å²) in [4.78, 5) is 12.0. The van der Waals surface area contributed by atoms with Crippen LogP contribution in [0.2, 0.25) is 0 Å². The lowest BCUT2D eigenvalue weighted by atomic mass is 10.1. The molecule has 0 aliphatic heterocycles. The summed E-state index contributed by atoms with van der Waals surface area (Å²) in [5, 5.41) is 11.9. The van der Waals surface area contributed by atoms with Crippen molar-refractivity contribution in [1.29, 1.82) is 0 Å². The molecular weight excluding hydrogens is 278 g/mol. The SMILES string of the molecule is Cc1cc(C)c(OCC(=O)Nc2cccc(CO)c2)c(C)c1. The number of anilines is 1. The molecular formula is C18H21NO3. The van der Waals surface area contributed by atoms with Crippen LogP contribution in [0.1, 0.15) is 22.3 Å². The van der Waals surface area contributed by atoms with Crippen LogP contribution in [-0.2, 0) is 11.4 Å². The molecule has 0 saturated carbocycles. The number of amides is 1. The molecule has 0 spiro atoms. The molecule has 0 aromatic heterocycles. The molecule has 2 N–H and O–H groups in total. The molecule has 1 amide bonds. The highest BCUT2D eigenvalue weighted by molar-refractivity contribution is 5.92. The molecule has 4 heteroatoms. The first-order valence-corrected chi connectivity index (χ1v) is 7.20. The van der Waals surface area contributed by atoms with Gasteiger partial charge in [0, 0.05) is 5.69 Å². The minimum Gasteiger partial charge on any atom is -0.483 e. The number of carbonyl (C=O) groups excluding carboxylic acids is 1. The Balaban J connectivity index is 1.98. The Morgan fingerprint density at radius 3 is 2.45 bits per heavy atom. The van der Waals surface area contributed by atoms with Gasteiger partial charge in [0.15, 0.2) is 6.61 Å². The van der Waals surface area contributed by atoms with Crippen LogP contribution in [0, 0.1) is 20.8 Å². The number of hydrogen-bond acceptors (Lipinski definition) is 3. The summed E-state index contributed by atoms with van der Waals surface area (Å²) in [6, 6.07) is 11.2. The molecule has 2 aromatic carbocycles. The fraction of sp³-hybridized carbons (Fsp3) is 0.278. The van der Waals surface area contributed by atoms with E-state index in [-0.39, 0.29) is 19.1 Å². The van der Waals surface area contributed by atoms with Crippen LogP contribution in [0.25, 0.3) is 0 Å². The Bertz CT molecular complexity index is 657. The van der Waals surface area contributed by atoms with E-state index in [1.807, 2.05) is 32.9 Å². The number of benzene rings is 2. The summed E-state index contributed by atoms with van der Waals surface area (Å²) in [5.41, 5.74) is 4.62. The normalized spacial score (nSPS) is 10.4. The van der Waals surface area contributed by atoms with Crippen LogP contribution in [0.15, 0.2) is 36.4 Å². The van der Waals surface area contributed by atoms with Gasteiger partial charge in [0.25, 0.3) is 5.91 Å². The number of rotatable bonds is 5. The van der Waals surface area contributed by atoms with Gasteiger partial charge >= 0.3 is 0 Å². The molecule has 0 bridgehead atoms. The number of ether oxygens (including phenoxy) is 1. The molecule has 0 aliphatic carbocycles. The van der Waals surface area contributed by atoms with E-state index in [0.29, 0.717) is 5.69 Å². The van der Waals surface area contributed by atoms with Crippen molar-refractivity contribution >= 4 is 11.6 Å². The van der Waals surface area contributed by atoms with E-state index < -0.39 is 0 Å². The Morgan fingerprint density at radius 2 is 1.82 bits per heavy atom. The first-order chi connectivity index (χ1) is 10.5. The molecule has 4 nitrogen and oxygen atoms in total. The van der Waals surface area contributed by atoms with Gasteiger partial charge in [0.05, 0.1) is 6.61 Å². The molecule has 0 unspecified atom stereocenters. The molecule has 2 aromatic rings. The summed E-state index contributed by atoms with van der Waals surface area (Å²) in [6.45, 7) is 5.87. The molecule has 0 heterocycles. The number of aryl methyl sites for hydroxylation is 3. The first kappa shape index (κ1) is 16.0. The van der Waals surface area contributed by atoms with E-state index in [9.17, 15) is 4.79 Å². The summed E-state index contributed by atoms with van der Waals surface area (Å²) < 4.78 is 5.65. The summed E-state index contributed by atoms with van der Waals surface area (Å²) in [6.07, 6.45) is 0. The number of nitrogens with one attached hydrogen (secondary N) is 1. The van der Waals surface area contributed by atoms with E-state index in [4.69, 9.17) is 9.84 Å². The Morgan fingerprint density at radius 1 is 1.14 bits per heavy atom. The minimum absolute atomic E-state index is 0.0475. The molecule has 0 radical (unpaired) electrons. The highest BCUT2D eigenvalue weighted by Crippen LogP contribution is 2.24. The summed E-state index contributed by atoms with van der Waals surface area (Å²) >= 11 is 0. The fourth-order valence-electron chi connectivity index (χ4n) is 2.48. The Labute approximate surface area is 130 Å². The van der Waals surface area contributed by atoms with E-state index in [0.717, 1.165) is 22.4 Å². The smallest absolute Gasteiger partial charge is 0.262 e. The van der Waals surface area contributed by atoms with Crippen LogP contribution >= 0.6 is 0 Å². The second-order valence-electron chi connectivity index (χ2n) is 5.42. The Kier molecular flexibility index (Phi) is 5.17. The van der Waals surface area contributed by atoms with Gasteiger partial charge in [-0.2, -0.15) is 0 Å². The van der Waals surface area contributed by atoms with Crippen molar-refractivity contribution < 1.29 is 14.6 Å². The van der Waals surface area contributed by atoms with Crippen molar-refractivity contribution in [3.8, 4) is 5.75 Å². The van der Waals surface area contributed by atoms with Crippen molar-refractivity contribution in [3.63, 3.8) is 0 Å². The number of aliphatic hydroxyl groups is 1. The highest BCUT2D eigenvalue weighted by Gasteiger charge is 2.09. The van der Waals surface area contributed by atoms with Crippen molar-refractivity contribution in [2.45, 2.75) is 27.4 Å². The lowest BCUT2D eigenvalue weighted by molar-refractivity contribution is -0.118. The second-order valence-corrected chi connectivity index (χ2v) is 5.42. The van der Waals surface area contributed by atoms with Crippen LogP contribution in [0.5, 0.6) is 5.75 Å². The highest BCUT2D eigenvalue weighted by atomic mass is 16.5. The lowest BCUT2D eigenvalue weighted by Gasteiger charge is -2.13. The molecule has 2 rings (SSSR count). The zero-order valence-electron chi connectivity index (χ0n) is 13.1. The van der Waals surface area contributed by atoms with Crippen LogP contribution in [0.4, 0.5) is 5.69 Å². The van der Waals surface area contributed by atoms with E-state index in [1.54, 1.807) is 24.3 Å². The van der Waals surface area contributed by atoms with E-state index >= 15 is 0 Å². The third kappa shape index (κ3) is 4.09. The zero-order valence-corrected chi connectivity index (χ0v) is 13.1. The van der Waals surface area contributed by atoms with Gasteiger partial charge in [-0.05, 0) is 49.6 Å². The largest absolute Gasteiger partial charge is 0.483 e. The third-order valence-corrected chi connectivity index (χ3v) is 3.35. The average molecular weight is 299 g/mol. The van der Waals surface area contributed by atoms with Crippen LogP contribution in [-0.4, -0.2) is 17.6 Å². The maximum atomic E-state index is 12.0. The molecule has 0 atom stereocenters. The fourth-order valence-corrected chi connectivity index (χ4v) is 2.48. The third-order valence-electron chi connectivity index (χ3n) is 3.35. The van der Waals surface area contributed by atoms with Gasteiger partial charge < -0.3 is 15.2 Å². The number of carbonyl (C=O) groups is 1. The second kappa shape index (κ2) is 7.09. The first-order valence-electron chi connectivity index (χ1n) is 7.20. The number of aliphatic hydroxyl groups excluding tert-OH is 1. The van der Waals surface area contributed by atoms with E-state index in [2.05, 4.69) is 5.32 Å². The molecule has 116 valence electrons. The van der Waals surface area contributed by atoms with Gasteiger partial charge in [-0.25, -0.2) is 0 Å². The van der Waals surface area contributed by atoms with Crippen LogP contribution < -0.4 is 10.1 Å². The van der Waals surface area contributed by atoms with Gasteiger partial charge in [0.2, 0.25) is 0 Å². The molecule has 0 aliphatic rings. The van der Waals surface area contributed by atoms with Crippen molar-refractivity contribution in [1.82, 2.24) is 0 Å². The van der Waals surface area contributed by atoms with Gasteiger partial charge in [0.1, 0.15) is 5.75 Å². The predicted octanol–water partition coefficient (Wildman–Crippen LogP) is 3.12. The topological polar surface area (TPSA) is 58.6 Å². The summed E-state index contributed by atoms with van der Waals surface area (Å²) in [7, 11) is 0. The molecule has 0 saturated heterocycles. The van der Waals surface area contributed by atoms with Crippen molar-refractivity contribution in [2.24, 2.45) is 0 Å². The van der Waals surface area contributed by atoms with Gasteiger partial charge in [-0.1, -0.05) is 29.8 Å². The zero-order chi connectivity index (χ0) is 16.1. The predicted molar refractivity (Wildman–Crippen MR) is 87.1 cm³/mol. The maximum Gasteiger partial charge on any atom is 0.262 e. The van der Waals surface area contributed by atoms with Gasteiger partial charge in [-0.3, -0.25) is 4.79 Å². The molecule has 22 heavy (non-hydrogen) atoms. The molecule has 0 fully saturated rings. The Hall–Kier alpha value is -2.33. The minimum atomic E-state index is -0.227. The standard InChI is InChI=1S/C18H21NO3/c1-12-7-13(2)18(14(3)8-12)22-11-17(21)19-16-6-4-5-15(9-16)10-20/h4-9,20H,10-11H2,1-3H3,(H,19,21). The van der Waals surface area contributed by atoms with Crippen molar-refractivity contribution in [2.75, 3.05) is 11.9 Å². The lowest BCUT2D eigenvalue weighted by Crippen LogP contribution is -2.20. The van der Waals surface area contributed by atoms with E-state index in [1.165, 1.54) is 5.56 Å². The monoisotopic (exact) mass is 299 g/mol. The van der Waals surface area contributed by atoms with Gasteiger partial charge in [-0.15, -0.1) is 0 Å². The average Bonchev–Trinajstić information content (AvgIpc) is 2.46. The summed E-state index contributed by atoms with van der Waals surface area (Å²) in [5.74, 6) is 0.527.